The average molecular weight is 460 g/mol. The molecule has 2 heterocycles. The Morgan fingerprint density at radius 2 is 2.04 bits per heavy atom. The Morgan fingerprint density at radius 3 is 2.67 bits per heavy atom. The molecule has 0 radical (unpaired) electrons. The van der Waals surface area contributed by atoms with Crippen molar-refractivity contribution >= 4 is 21.3 Å². The number of rotatable bonds is 6. The molecule has 0 bridgehead atoms. The second-order valence-corrected chi connectivity index (χ2v) is 11.4. The van der Waals surface area contributed by atoms with Crippen molar-refractivity contribution in [3.63, 3.8) is 0 Å². The van der Waals surface area contributed by atoms with Crippen molar-refractivity contribution in [3.8, 4) is 5.75 Å². The van der Waals surface area contributed by atoms with Crippen molar-refractivity contribution in [1.29, 1.82) is 0 Å². The summed E-state index contributed by atoms with van der Waals surface area (Å²) in [5.74, 6) is 1.81. The molecular formula is C16H19IN3O3S-. The van der Waals surface area contributed by atoms with Crippen molar-refractivity contribution in [1.82, 2.24) is 9.97 Å². The number of ether oxygens (including phenoxy) is 1. The van der Waals surface area contributed by atoms with Crippen LogP contribution in [0.15, 0.2) is 35.4 Å². The maximum absolute atomic E-state index is 12.6. The average Bonchev–Trinajstić information content (AvgIpc) is 3.40. The number of para-hydroxylation sites is 1. The Morgan fingerprint density at radius 1 is 1.33 bits per heavy atom. The maximum atomic E-state index is 12.6. The van der Waals surface area contributed by atoms with Gasteiger partial charge in [0.05, 0.1) is 0 Å². The first-order valence-corrected chi connectivity index (χ1v) is 11.8. The van der Waals surface area contributed by atoms with Gasteiger partial charge in [-0.05, 0) is 0 Å². The van der Waals surface area contributed by atoms with Crippen LogP contribution < -0.4 is 31.3 Å². The third kappa shape index (κ3) is 3.49. The SMILES string of the molecule is COc1cnc(C2C[I-]2)nc1Nc1ccccc1S(=O)(=O)C(C)C. The number of methoxy groups -OCH3 is 1. The van der Waals surface area contributed by atoms with Gasteiger partial charge in [-0.15, -0.1) is 0 Å². The van der Waals surface area contributed by atoms with Crippen LogP contribution in [0.4, 0.5) is 11.5 Å². The number of benzene rings is 1. The molecule has 1 N–H and O–H groups in total. The quantitative estimate of drug-likeness (QED) is 0.465. The minimum atomic E-state index is -3.40. The monoisotopic (exact) mass is 460 g/mol. The number of hydrogen-bond acceptors (Lipinski definition) is 6. The molecule has 2 aromatic rings. The van der Waals surface area contributed by atoms with Gasteiger partial charge in [0, 0.05) is 0 Å². The van der Waals surface area contributed by atoms with Crippen molar-refractivity contribution < 1.29 is 34.4 Å². The fourth-order valence-electron chi connectivity index (χ4n) is 2.16. The van der Waals surface area contributed by atoms with E-state index in [2.05, 4.69) is 15.3 Å². The Balaban J connectivity index is 2.02. The summed E-state index contributed by atoms with van der Waals surface area (Å²) in [5.41, 5.74) is 0.500. The normalized spacial score (nSPS) is 17.2. The summed E-state index contributed by atoms with van der Waals surface area (Å²) < 4.78 is 32.2. The van der Waals surface area contributed by atoms with Crippen LogP contribution in [0.2, 0.25) is 0 Å². The number of alkyl halides is 2. The van der Waals surface area contributed by atoms with E-state index in [-0.39, 0.29) is 26.1 Å². The molecule has 0 aliphatic carbocycles. The number of anilines is 2. The van der Waals surface area contributed by atoms with E-state index in [0.29, 0.717) is 21.2 Å². The third-order valence-corrected chi connectivity index (χ3v) is 8.18. The van der Waals surface area contributed by atoms with E-state index in [1.807, 2.05) is 0 Å². The third-order valence-electron chi connectivity index (χ3n) is 3.65. The van der Waals surface area contributed by atoms with Gasteiger partial charge in [-0.3, -0.25) is 0 Å². The van der Waals surface area contributed by atoms with Gasteiger partial charge in [0.2, 0.25) is 0 Å². The van der Waals surface area contributed by atoms with Crippen LogP contribution >= 0.6 is 0 Å². The Kier molecular flexibility index (Phi) is 4.95. The van der Waals surface area contributed by atoms with Gasteiger partial charge in [0.15, 0.2) is 0 Å². The standard InChI is InChI=1S/C16H19IN3O3S/c1-10(2)24(21,22)14-7-5-4-6-12(14)19-16-13(23-3)9-18-15(20-16)11-8-17-11/h4-7,9-11H,8H2,1-3H3,(H,18,19,20)/q-1. The Labute approximate surface area is 152 Å². The van der Waals surface area contributed by atoms with Gasteiger partial charge in [-0.2, -0.15) is 0 Å². The summed E-state index contributed by atoms with van der Waals surface area (Å²) in [6, 6.07) is 6.86. The predicted molar refractivity (Wildman–Crippen MR) is 88.2 cm³/mol. The number of hydrogen-bond donors (Lipinski definition) is 1. The van der Waals surface area contributed by atoms with E-state index in [9.17, 15) is 8.42 Å². The van der Waals surface area contributed by atoms with Crippen molar-refractivity contribution in [3.05, 3.63) is 36.3 Å². The van der Waals surface area contributed by atoms with E-state index >= 15 is 0 Å². The molecular weight excluding hydrogens is 441 g/mol. The molecule has 0 amide bonds. The molecule has 3 rings (SSSR count). The van der Waals surface area contributed by atoms with Gasteiger partial charge in [-0.1, -0.05) is 0 Å². The van der Waals surface area contributed by atoms with Crippen molar-refractivity contribution in [2.45, 2.75) is 27.9 Å². The molecule has 6 nitrogen and oxygen atoms in total. The summed E-state index contributed by atoms with van der Waals surface area (Å²) in [4.78, 5) is 9.17. The summed E-state index contributed by atoms with van der Waals surface area (Å²) in [7, 11) is -1.86. The molecule has 24 heavy (non-hydrogen) atoms. The zero-order valence-electron chi connectivity index (χ0n) is 13.7. The van der Waals surface area contributed by atoms with Crippen LogP contribution in [0.3, 0.4) is 0 Å². The minimum absolute atomic E-state index is 0.184. The summed E-state index contributed by atoms with van der Waals surface area (Å²) in [6.45, 7) is 3.35. The Bertz CT molecular complexity index is 851. The second kappa shape index (κ2) is 6.83. The molecule has 1 saturated heterocycles. The first kappa shape index (κ1) is 17.4. The van der Waals surface area contributed by atoms with E-state index in [1.165, 1.54) is 4.43 Å². The fraction of sp³-hybridized carbons (Fsp3) is 0.375. The van der Waals surface area contributed by atoms with E-state index in [4.69, 9.17) is 4.74 Å². The van der Waals surface area contributed by atoms with Crippen LogP contribution in [0, 0.1) is 0 Å². The van der Waals surface area contributed by atoms with Crippen LogP contribution in [0.5, 0.6) is 5.75 Å². The van der Waals surface area contributed by atoms with Crippen molar-refractivity contribution in [2.75, 3.05) is 16.9 Å². The molecule has 1 aromatic heterocycles. The Hall–Kier alpha value is -1.42. The molecule has 0 saturated carbocycles. The van der Waals surface area contributed by atoms with E-state index in [0.717, 1.165) is 5.82 Å². The zero-order chi connectivity index (χ0) is 17.3. The molecule has 1 aliphatic rings. The molecule has 8 heteroatoms. The summed E-state index contributed by atoms with van der Waals surface area (Å²) >= 11 is 0.184. The first-order chi connectivity index (χ1) is 11.4. The topological polar surface area (TPSA) is 81.2 Å². The molecule has 0 spiro atoms. The molecule has 1 unspecified atom stereocenters. The van der Waals surface area contributed by atoms with Gasteiger partial charge in [0.1, 0.15) is 0 Å². The zero-order valence-corrected chi connectivity index (χ0v) is 16.6. The van der Waals surface area contributed by atoms with Crippen LogP contribution in [0.25, 0.3) is 0 Å². The summed E-state index contributed by atoms with van der Waals surface area (Å²) in [5, 5.41) is 2.63. The van der Waals surface area contributed by atoms with E-state index in [1.54, 1.807) is 51.4 Å². The van der Waals surface area contributed by atoms with Gasteiger partial charge < -0.3 is 0 Å². The number of sulfone groups is 1. The van der Waals surface area contributed by atoms with Crippen molar-refractivity contribution in [2.24, 2.45) is 0 Å². The number of nitrogens with zero attached hydrogens (tertiary/aromatic N) is 2. The fourth-order valence-corrected chi connectivity index (χ4v) is 4.70. The molecule has 1 aromatic carbocycles. The van der Waals surface area contributed by atoms with Crippen LogP contribution in [0.1, 0.15) is 23.6 Å². The van der Waals surface area contributed by atoms with E-state index < -0.39 is 15.1 Å². The van der Waals surface area contributed by atoms with Gasteiger partial charge >= 0.3 is 152 Å². The molecule has 1 fully saturated rings. The van der Waals surface area contributed by atoms with Crippen LogP contribution in [-0.2, 0) is 9.84 Å². The van der Waals surface area contributed by atoms with Gasteiger partial charge in [-0.25, -0.2) is 0 Å². The number of halogens is 1. The van der Waals surface area contributed by atoms with Crippen LogP contribution in [-0.4, -0.2) is 35.2 Å². The predicted octanol–water partition coefficient (Wildman–Crippen LogP) is -0.445. The molecule has 130 valence electrons. The number of aromatic nitrogens is 2. The second-order valence-electron chi connectivity index (χ2n) is 5.64. The first-order valence-electron chi connectivity index (χ1n) is 7.52. The van der Waals surface area contributed by atoms with Gasteiger partial charge in [0.25, 0.3) is 0 Å². The molecule has 1 aliphatic heterocycles. The summed E-state index contributed by atoms with van der Waals surface area (Å²) in [6.07, 6.45) is 1.65. The number of nitrogens with one attached hydrogen (secondary N) is 1. The molecule has 1 atom stereocenters.